The highest BCUT2D eigenvalue weighted by atomic mass is 16.3. The van der Waals surface area contributed by atoms with Crippen LogP contribution in [0.5, 0.6) is 0 Å². The normalized spacial score (nSPS) is 32.8. The zero-order valence-corrected chi connectivity index (χ0v) is 20.2. The topological polar surface area (TPSA) is 40.5 Å². The van der Waals surface area contributed by atoms with E-state index in [2.05, 4.69) is 38.3 Å². The van der Waals surface area contributed by atoms with Crippen molar-refractivity contribution in [2.24, 2.45) is 22.7 Å². The van der Waals surface area contributed by atoms with E-state index in [1.165, 1.54) is 43.3 Å². The van der Waals surface area contributed by atoms with Crippen LogP contribution in [0.4, 0.5) is 0 Å². The first-order valence-corrected chi connectivity index (χ1v) is 11.8. The molecule has 2 nitrogen and oxygen atoms in total. The fraction of sp³-hybridized carbons (Fsp3) is 0.571. The summed E-state index contributed by atoms with van der Waals surface area (Å²) in [5, 5.41) is 19.1. The molecule has 2 unspecified atom stereocenters. The molecule has 4 aliphatic rings. The summed E-state index contributed by atoms with van der Waals surface area (Å²) in [6.45, 7) is 19.5. The quantitative estimate of drug-likeness (QED) is 0.338. The van der Waals surface area contributed by atoms with Gasteiger partial charge in [-0.25, -0.2) is 0 Å². The summed E-state index contributed by atoms with van der Waals surface area (Å²) < 4.78 is 0. The lowest BCUT2D eigenvalue weighted by Crippen LogP contribution is -2.53. The summed E-state index contributed by atoms with van der Waals surface area (Å²) in [6, 6.07) is 0. The maximum absolute atomic E-state index is 9.61. The molecule has 2 atom stereocenters. The van der Waals surface area contributed by atoms with Gasteiger partial charge in [-0.3, -0.25) is 0 Å². The second-order valence-corrected chi connectivity index (χ2v) is 8.72. The third kappa shape index (κ3) is 5.59. The van der Waals surface area contributed by atoms with Gasteiger partial charge in [0.05, 0.1) is 5.76 Å². The maximum Gasteiger partial charge on any atom is 0.108 e. The molecule has 30 heavy (non-hydrogen) atoms. The lowest BCUT2D eigenvalue weighted by molar-refractivity contribution is -0.0705. The van der Waals surface area contributed by atoms with Crippen molar-refractivity contribution in [2.45, 2.75) is 80.1 Å². The number of aliphatic hydroxyl groups is 2. The SMILES string of the molecule is C=C/C(=C\C=C(/C)O)C12CC3CC(C1)CC(C(/C=C\C(=C)O)=C/C)(C3)C2.CC.CC. The van der Waals surface area contributed by atoms with Gasteiger partial charge < -0.3 is 10.2 Å². The minimum Gasteiger partial charge on any atom is -0.513 e. The number of aliphatic hydroxyl groups excluding tert-OH is 2. The van der Waals surface area contributed by atoms with Crippen molar-refractivity contribution in [3.63, 3.8) is 0 Å². The van der Waals surface area contributed by atoms with Gasteiger partial charge in [-0.2, -0.15) is 0 Å². The highest BCUT2D eigenvalue weighted by Gasteiger charge is 2.58. The molecular formula is C28H44O2. The van der Waals surface area contributed by atoms with Gasteiger partial charge in [0.15, 0.2) is 0 Å². The van der Waals surface area contributed by atoms with Crippen LogP contribution in [0.1, 0.15) is 80.1 Å². The van der Waals surface area contributed by atoms with Gasteiger partial charge in [-0.05, 0) is 98.3 Å². The predicted octanol–water partition coefficient (Wildman–Crippen LogP) is 8.77. The molecule has 2 N–H and O–H groups in total. The molecule has 0 aromatic rings. The van der Waals surface area contributed by atoms with Gasteiger partial charge in [0.2, 0.25) is 0 Å². The van der Waals surface area contributed by atoms with Gasteiger partial charge in [0, 0.05) is 0 Å². The Morgan fingerprint density at radius 2 is 1.37 bits per heavy atom. The Hall–Kier alpha value is -1.96. The van der Waals surface area contributed by atoms with Crippen molar-refractivity contribution < 1.29 is 10.2 Å². The van der Waals surface area contributed by atoms with Crippen LogP contribution in [-0.2, 0) is 0 Å². The van der Waals surface area contributed by atoms with Gasteiger partial charge in [0.1, 0.15) is 5.76 Å². The molecular weight excluding hydrogens is 368 g/mol. The lowest BCUT2D eigenvalue weighted by atomic mass is 9.41. The van der Waals surface area contributed by atoms with Crippen LogP contribution >= 0.6 is 0 Å². The average Bonchev–Trinajstić information content (AvgIpc) is 2.70. The molecule has 0 heterocycles. The molecule has 0 aromatic heterocycles. The minimum absolute atomic E-state index is 0.110. The Balaban J connectivity index is 0.00000106. The van der Waals surface area contributed by atoms with E-state index in [-0.39, 0.29) is 16.6 Å². The van der Waals surface area contributed by atoms with Gasteiger partial charge in [0.25, 0.3) is 0 Å². The van der Waals surface area contributed by atoms with Crippen molar-refractivity contribution in [2.75, 3.05) is 0 Å². The van der Waals surface area contributed by atoms with Gasteiger partial charge in [-0.1, -0.05) is 65.2 Å². The van der Waals surface area contributed by atoms with Crippen molar-refractivity contribution in [3.05, 3.63) is 72.3 Å². The van der Waals surface area contributed by atoms with E-state index in [4.69, 9.17) is 0 Å². The van der Waals surface area contributed by atoms with Crippen LogP contribution in [0.25, 0.3) is 0 Å². The monoisotopic (exact) mass is 412 g/mol. The van der Waals surface area contributed by atoms with Crippen LogP contribution in [0.3, 0.4) is 0 Å². The first-order valence-electron chi connectivity index (χ1n) is 11.8. The molecule has 4 rings (SSSR count). The van der Waals surface area contributed by atoms with Gasteiger partial charge in [-0.15, -0.1) is 0 Å². The van der Waals surface area contributed by atoms with Crippen molar-refractivity contribution >= 4 is 0 Å². The summed E-state index contributed by atoms with van der Waals surface area (Å²) in [5.41, 5.74) is 2.96. The Bertz CT molecular complexity index is 699. The fourth-order valence-corrected chi connectivity index (χ4v) is 6.37. The smallest absolute Gasteiger partial charge is 0.108 e. The largest absolute Gasteiger partial charge is 0.513 e. The molecule has 4 bridgehead atoms. The van der Waals surface area contributed by atoms with E-state index in [9.17, 15) is 10.2 Å². The molecule has 0 saturated heterocycles. The minimum atomic E-state index is 0.110. The summed E-state index contributed by atoms with van der Waals surface area (Å²) in [5.74, 6) is 1.94. The molecule has 2 heteroatoms. The Labute approximate surface area is 185 Å². The van der Waals surface area contributed by atoms with Crippen LogP contribution in [0, 0.1) is 22.7 Å². The number of rotatable bonds is 6. The Morgan fingerprint density at radius 1 is 0.867 bits per heavy atom. The Kier molecular flexibility index (Phi) is 9.94. The first-order chi connectivity index (χ1) is 14.3. The van der Waals surface area contributed by atoms with E-state index in [0.717, 1.165) is 18.3 Å². The summed E-state index contributed by atoms with van der Waals surface area (Å²) >= 11 is 0. The van der Waals surface area contributed by atoms with Gasteiger partial charge >= 0.3 is 0 Å². The molecule has 0 aliphatic heterocycles. The first kappa shape index (κ1) is 26.1. The standard InChI is InChI=1S/C24H32O2.2C2H6/c1-5-21(9-7-17(3)25)23-12-19-11-20(13-23)15-24(14-19,16-23)22(6-2)10-8-18(4)26;2*1-2/h5-10,19-20,25-26H,1,4,11-16H2,2-3H3;2*1-2H3/b10-8-,17-7+,21-9+,22-6+;;. The second-order valence-electron chi connectivity index (χ2n) is 8.72. The Morgan fingerprint density at radius 3 is 1.77 bits per heavy atom. The van der Waals surface area contributed by atoms with Crippen molar-refractivity contribution in [1.82, 2.24) is 0 Å². The van der Waals surface area contributed by atoms with Crippen LogP contribution < -0.4 is 0 Å². The number of allylic oxidation sites excluding steroid dienone is 9. The number of hydrogen-bond acceptors (Lipinski definition) is 2. The second kappa shape index (κ2) is 11.4. The van der Waals surface area contributed by atoms with E-state index in [1.807, 2.05) is 33.8 Å². The molecule has 168 valence electrons. The summed E-state index contributed by atoms with van der Waals surface area (Å²) in [6.07, 6.45) is 19.3. The molecule has 4 saturated carbocycles. The highest BCUT2D eigenvalue weighted by molar-refractivity contribution is 5.39. The molecule has 4 fully saturated rings. The predicted molar refractivity (Wildman–Crippen MR) is 132 cm³/mol. The van der Waals surface area contributed by atoms with E-state index >= 15 is 0 Å². The van der Waals surface area contributed by atoms with Crippen LogP contribution in [0.15, 0.2) is 72.3 Å². The zero-order valence-electron chi connectivity index (χ0n) is 20.2. The van der Waals surface area contributed by atoms with E-state index < -0.39 is 0 Å². The molecule has 0 spiro atoms. The third-order valence-corrected chi connectivity index (χ3v) is 6.78. The molecule has 4 aliphatic carbocycles. The summed E-state index contributed by atoms with van der Waals surface area (Å²) in [7, 11) is 0. The number of hydrogen-bond donors (Lipinski definition) is 2. The van der Waals surface area contributed by atoms with E-state index in [0.29, 0.717) is 5.76 Å². The molecule has 0 aromatic carbocycles. The zero-order chi connectivity index (χ0) is 22.9. The maximum atomic E-state index is 9.61. The lowest BCUT2D eigenvalue weighted by Gasteiger charge is -2.63. The van der Waals surface area contributed by atoms with Crippen LogP contribution in [0.2, 0.25) is 0 Å². The fourth-order valence-electron chi connectivity index (χ4n) is 6.37. The third-order valence-electron chi connectivity index (χ3n) is 6.78. The average molecular weight is 413 g/mol. The molecule has 0 radical (unpaired) electrons. The highest BCUT2D eigenvalue weighted by Crippen LogP contribution is 2.69. The van der Waals surface area contributed by atoms with Crippen molar-refractivity contribution in [3.8, 4) is 0 Å². The van der Waals surface area contributed by atoms with Crippen LogP contribution in [-0.4, -0.2) is 10.2 Å². The van der Waals surface area contributed by atoms with E-state index in [1.54, 1.807) is 19.1 Å². The summed E-state index contributed by atoms with van der Waals surface area (Å²) in [4.78, 5) is 0. The molecule has 0 amide bonds. The van der Waals surface area contributed by atoms with Crippen molar-refractivity contribution in [1.29, 1.82) is 0 Å².